The van der Waals surface area contributed by atoms with Crippen LogP contribution in [0.1, 0.15) is 13.8 Å². The topological polar surface area (TPSA) is 15.8 Å². The summed E-state index contributed by atoms with van der Waals surface area (Å²) in [6.45, 7) is 4.00. The summed E-state index contributed by atoms with van der Waals surface area (Å²) in [5.41, 5.74) is 1.14. The Balaban J connectivity index is 0.000000880. The van der Waals surface area contributed by atoms with E-state index in [2.05, 4.69) is 84.0 Å². The van der Waals surface area contributed by atoms with E-state index in [4.69, 9.17) is 11.8 Å². The Morgan fingerprint density at radius 2 is 1.16 bits per heavy atom. The number of benzene rings is 3. The molecule has 0 saturated heterocycles. The maximum absolute atomic E-state index is 6.37. The van der Waals surface area contributed by atoms with Crippen molar-refractivity contribution in [3.8, 4) is 0 Å². The lowest BCUT2D eigenvalue weighted by Gasteiger charge is -2.23. The van der Waals surface area contributed by atoms with Gasteiger partial charge in [-0.3, -0.25) is 0 Å². The number of aromatic amines is 1. The van der Waals surface area contributed by atoms with Crippen molar-refractivity contribution in [1.82, 2.24) is 4.98 Å². The first-order valence-electron chi connectivity index (χ1n) is 8.58. The Bertz CT molecular complexity index is 947. The van der Waals surface area contributed by atoms with Crippen molar-refractivity contribution < 1.29 is 0 Å². The van der Waals surface area contributed by atoms with Crippen LogP contribution >= 0.6 is 6.04 Å². The summed E-state index contributed by atoms with van der Waals surface area (Å²) in [5, 5.41) is 4.92. The van der Waals surface area contributed by atoms with Crippen LogP contribution in [0.3, 0.4) is 0 Å². The lowest BCUT2D eigenvalue weighted by atomic mass is 10.2. The molecule has 0 bridgehead atoms. The highest BCUT2D eigenvalue weighted by Crippen LogP contribution is 2.44. The van der Waals surface area contributed by atoms with E-state index in [0.717, 1.165) is 5.52 Å². The van der Waals surface area contributed by atoms with Gasteiger partial charge in [0.2, 0.25) is 0 Å². The zero-order valence-electron chi connectivity index (χ0n) is 14.5. The molecular weight excluding hydrogens is 341 g/mol. The molecule has 25 heavy (non-hydrogen) atoms. The molecule has 1 N–H and O–H groups in total. The molecule has 126 valence electrons. The highest BCUT2D eigenvalue weighted by Gasteiger charge is 2.27. The van der Waals surface area contributed by atoms with Crippen molar-refractivity contribution in [1.29, 1.82) is 0 Å². The standard InChI is InChI=1S/C20H16NPS.C2H6/c23-22(16-9-3-1-4-10-16,17-11-5-2-6-12-17)20-15-21-19-14-8-7-13-18(19)20;1-2/h1-15,21H;1-2H3. The van der Waals surface area contributed by atoms with E-state index in [-0.39, 0.29) is 0 Å². The molecule has 0 spiro atoms. The molecule has 0 unspecified atom stereocenters. The molecule has 3 heteroatoms. The molecule has 0 atom stereocenters. The molecule has 4 aromatic rings. The van der Waals surface area contributed by atoms with Gasteiger partial charge >= 0.3 is 0 Å². The lowest BCUT2D eigenvalue weighted by molar-refractivity contribution is 1.49. The monoisotopic (exact) mass is 363 g/mol. The second-order valence-electron chi connectivity index (χ2n) is 5.50. The minimum atomic E-state index is -2.07. The van der Waals surface area contributed by atoms with E-state index < -0.39 is 6.04 Å². The van der Waals surface area contributed by atoms with Crippen LogP contribution in [0.2, 0.25) is 0 Å². The second-order valence-corrected chi connectivity index (χ2v) is 9.88. The average molecular weight is 363 g/mol. The van der Waals surface area contributed by atoms with Gasteiger partial charge in [-0.15, -0.1) is 0 Å². The number of aromatic nitrogens is 1. The number of para-hydroxylation sites is 1. The van der Waals surface area contributed by atoms with Crippen LogP contribution in [0.5, 0.6) is 0 Å². The van der Waals surface area contributed by atoms with Crippen molar-refractivity contribution in [2.75, 3.05) is 0 Å². The Morgan fingerprint density at radius 1 is 0.680 bits per heavy atom. The molecule has 1 aromatic heterocycles. The number of rotatable bonds is 3. The van der Waals surface area contributed by atoms with Crippen molar-refractivity contribution in [2.45, 2.75) is 13.8 Å². The van der Waals surface area contributed by atoms with Gasteiger partial charge in [-0.1, -0.05) is 105 Å². The number of nitrogens with one attached hydrogen (secondary N) is 1. The van der Waals surface area contributed by atoms with E-state index in [1.807, 2.05) is 26.0 Å². The Morgan fingerprint density at radius 3 is 1.72 bits per heavy atom. The van der Waals surface area contributed by atoms with Gasteiger partial charge in [0.15, 0.2) is 0 Å². The first-order valence-corrected chi connectivity index (χ1v) is 11.4. The van der Waals surface area contributed by atoms with Gasteiger partial charge in [0, 0.05) is 28.4 Å². The highest BCUT2D eigenvalue weighted by atomic mass is 32.4. The van der Waals surface area contributed by atoms with Crippen molar-refractivity contribution in [2.24, 2.45) is 0 Å². The first kappa shape index (κ1) is 17.7. The van der Waals surface area contributed by atoms with Crippen molar-refractivity contribution >= 4 is 44.7 Å². The first-order chi connectivity index (χ1) is 12.3. The lowest BCUT2D eigenvalue weighted by Crippen LogP contribution is -2.24. The van der Waals surface area contributed by atoms with Gasteiger partial charge in [0.05, 0.1) is 0 Å². The summed E-state index contributed by atoms with van der Waals surface area (Å²) < 4.78 is 0. The van der Waals surface area contributed by atoms with Gasteiger partial charge < -0.3 is 4.98 Å². The van der Waals surface area contributed by atoms with Crippen LogP contribution in [0.25, 0.3) is 10.9 Å². The van der Waals surface area contributed by atoms with Crippen LogP contribution in [0.15, 0.2) is 91.1 Å². The Kier molecular flexibility index (Phi) is 5.53. The maximum Gasteiger partial charge on any atom is 0.0461 e. The summed E-state index contributed by atoms with van der Waals surface area (Å²) in [6, 6.07) is 27.4. The predicted molar refractivity (Wildman–Crippen MR) is 116 cm³/mol. The molecular formula is C22H22NPS. The van der Waals surface area contributed by atoms with Crippen molar-refractivity contribution in [3.63, 3.8) is 0 Å². The third-order valence-electron chi connectivity index (χ3n) is 4.15. The van der Waals surface area contributed by atoms with Gasteiger partial charge in [0.1, 0.15) is 0 Å². The smallest absolute Gasteiger partial charge is 0.0461 e. The van der Waals surface area contributed by atoms with E-state index in [9.17, 15) is 0 Å². The zero-order valence-corrected chi connectivity index (χ0v) is 16.2. The van der Waals surface area contributed by atoms with Crippen LogP contribution in [0.4, 0.5) is 0 Å². The molecule has 0 aliphatic carbocycles. The van der Waals surface area contributed by atoms with Gasteiger partial charge in [0.25, 0.3) is 0 Å². The number of hydrogen-bond donors (Lipinski definition) is 1. The zero-order chi connectivity index (χ0) is 17.7. The highest BCUT2D eigenvalue weighted by molar-refractivity contribution is 8.25. The fraction of sp³-hybridized carbons (Fsp3) is 0.0909. The van der Waals surface area contributed by atoms with Crippen LogP contribution in [-0.2, 0) is 11.8 Å². The van der Waals surface area contributed by atoms with Crippen molar-refractivity contribution in [3.05, 3.63) is 91.1 Å². The minimum absolute atomic E-state index is 1.14. The molecule has 0 fully saturated rings. The molecule has 0 amide bonds. The number of hydrogen-bond acceptors (Lipinski definition) is 1. The third kappa shape index (κ3) is 3.20. The quantitative estimate of drug-likeness (QED) is 0.509. The van der Waals surface area contributed by atoms with Crippen LogP contribution in [-0.4, -0.2) is 4.98 Å². The Labute approximate surface area is 154 Å². The SMILES string of the molecule is CC.S=P(c1ccccc1)(c1ccccc1)c1c[nH]c2ccccc12. The normalized spacial score (nSPS) is 11.0. The van der Waals surface area contributed by atoms with E-state index in [1.54, 1.807) is 0 Å². The van der Waals surface area contributed by atoms with E-state index >= 15 is 0 Å². The summed E-state index contributed by atoms with van der Waals surface area (Å²) in [7, 11) is 0. The molecule has 3 aromatic carbocycles. The van der Waals surface area contributed by atoms with Gasteiger partial charge in [-0.05, 0) is 16.7 Å². The van der Waals surface area contributed by atoms with Gasteiger partial charge in [-0.25, -0.2) is 0 Å². The summed E-state index contributed by atoms with van der Waals surface area (Å²) >= 11 is 6.37. The molecule has 0 aliphatic heterocycles. The predicted octanol–water partition coefficient (Wildman–Crippen LogP) is 4.95. The largest absolute Gasteiger partial charge is 0.360 e. The molecule has 0 radical (unpaired) electrons. The molecule has 0 saturated carbocycles. The summed E-state index contributed by atoms with van der Waals surface area (Å²) in [5.74, 6) is 0. The van der Waals surface area contributed by atoms with E-state index in [1.165, 1.54) is 21.3 Å². The number of fused-ring (bicyclic) bond motifs is 1. The van der Waals surface area contributed by atoms with E-state index in [0.29, 0.717) is 0 Å². The summed E-state index contributed by atoms with van der Waals surface area (Å²) in [4.78, 5) is 3.39. The third-order valence-corrected chi connectivity index (χ3v) is 9.10. The second kappa shape index (κ2) is 7.82. The minimum Gasteiger partial charge on any atom is -0.360 e. The fourth-order valence-electron chi connectivity index (χ4n) is 3.02. The van der Waals surface area contributed by atoms with Gasteiger partial charge in [-0.2, -0.15) is 0 Å². The van der Waals surface area contributed by atoms with Crippen LogP contribution in [0, 0.1) is 0 Å². The molecule has 4 rings (SSSR count). The maximum atomic E-state index is 6.37. The molecule has 1 heterocycles. The van der Waals surface area contributed by atoms with Crippen LogP contribution < -0.4 is 15.9 Å². The Hall–Kier alpha value is -2.15. The molecule has 0 aliphatic rings. The average Bonchev–Trinajstić information content (AvgIpc) is 3.15. The number of H-pyrrole nitrogens is 1. The molecule has 1 nitrogen and oxygen atoms in total. The fourth-order valence-corrected chi connectivity index (χ4v) is 7.02. The summed E-state index contributed by atoms with van der Waals surface area (Å²) in [6.07, 6.45) is 2.10.